The first-order chi connectivity index (χ1) is 17.0. The third-order valence-corrected chi connectivity index (χ3v) is 7.06. The fourth-order valence-electron chi connectivity index (χ4n) is 5.08. The molecule has 0 bridgehead atoms. The topological polar surface area (TPSA) is 113 Å². The number of benzene rings is 1. The molecule has 0 radical (unpaired) electrons. The van der Waals surface area contributed by atoms with Crippen LogP contribution in [0.4, 0.5) is 34.9 Å². The Hall–Kier alpha value is -2.86. The molecule has 0 aliphatic carbocycles. The summed E-state index contributed by atoms with van der Waals surface area (Å²) < 4.78 is 54.3. The van der Waals surface area contributed by atoms with Gasteiger partial charge >= 0.3 is 6.18 Å². The van der Waals surface area contributed by atoms with Crippen molar-refractivity contribution in [2.45, 2.75) is 50.5 Å². The molecule has 4 atom stereocenters. The van der Waals surface area contributed by atoms with E-state index in [-0.39, 0.29) is 52.8 Å². The largest absolute Gasteiger partial charge is 0.416 e. The monoisotopic (exact) mass is 529 g/mol. The second kappa shape index (κ2) is 10.3. The van der Waals surface area contributed by atoms with Gasteiger partial charge in [0.15, 0.2) is 11.6 Å². The van der Waals surface area contributed by atoms with Crippen molar-refractivity contribution in [1.82, 2.24) is 14.9 Å². The highest BCUT2D eigenvalue weighted by atomic mass is 35.5. The zero-order valence-electron chi connectivity index (χ0n) is 19.6. The number of nitrogens with zero attached hydrogens (tertiary/aromatic N) is 4. The average molecular weight is 530 g/mol. The van der Waals surface area contributed by atoms with Crippen molar-refractivity contribution in [1.29, 1.82) is 0 Å². The molecule has 1 aromatic carbocycles. The minimum absolute atomic E-state index is 0.0609. The third kappa shape index (κ3) is 5.44. The van der Waals surface area contributed by atoms with Crippen molar-refractivity contribution in [3.05, 3.63) is 40.9 Å². The molecule has 2 aromatic rings. The molecule has 1 unspecified atom stereocenters. The number of carbonyl (C=O) groups excluding carboxylic acids is 1. The number of piperidine rings is 2. The van der Waals surface area contributed by atoms with E-state index in [2.05, 4.69) is 15.3 Å². The van der Waals surface area contributed by atoms with Gasteiger partial charge in [-0.2, -0.15) is 17.6 Å². The van der Waals surface area contributed by atoms with Gasteiger partial charge in [0.25, 0.3) is 0 Å². The van der Waals surface area contributed by atoms with E-state index in [1.165, 1.54) is 12.4 Å². The van der Waals surface area contributed by atoms with Crippen LogP contribution in [-0.4, -0.2) is 58.5 Å². The van der Waals surface area contributed by atoms with Crippen LogP contribution in [0.2, 0.25) is 5.02 Å². The van der Waals surface area contributed by atoms with Gasteiger partial charge in [0, 0.05) is 36.4 Å². The minimum Gasteiger partial charge on any atom is -0.381 e. The van der Waals surface area contributed by atoms with Gasteiger partial charge in [-0.1, -0.05) is 11.6 Å². The number of carbonyl (C=O) groups is 1. The molecule has 4 rings (SSSR count). The zero-order chi connectivity index (χ0) is 26.2. The molecule has 1 amide bonds. The SMILES string of the molecule is CC(N)[C@H]1CCN(c2ncnc(N)c2F)C[C@@H]1N1CCC[C@H](Nc2cc(Cl)cc(C(F)(F)F)c2)C1=O. The number of amides is 1. The molecule has 2 aliphatic rings. The number of hydrogen-bond acceptors (Lipinski definition) is 7. The third-order valence-electron chi connectivity index (χ3n) is 6.85. The molecule has 0 saturated carbocycles. The van der Waals surface area contributed by atoms with Crippen LogP contribution < -0.4 is 21.7 Å². The molecule has 2 fully saturated rings. The van der Waals surface area contributed by atoms with Crippen LogP contribution in [0.3, 0.4) is 0 Å². The van der Waals surface area contributed by atoms with E-state index in [4.69, 9.17) is 23.1 Å². The van der Waals surface area contributed by atoms with Crippen molar-refractivity contribution in [3.8, 4) is 0 Å². The van der Waals surface area contributed by atoms with Crippen LogP contribution >= 0.6 is 11.6 Å². The summed E-state index contributed by atoms with van der Waals surface area (Å²) >= 11 is 5.91. The van der Waals surface area contributed by atoms with Gasteiger partial charge in [-0.15, -0.1) is 0 Å². The number of hydrogen-bond donors (Lipinski definition) is 3. The minimum atomic E-state index is -4.57. The van der Waals surface area contributed by atoms with E-state index in [0.717, 1.165) is 12.1 Å². The van der Waals surface area contributed by atoms with E-state index in [1.807, 2.05) is 6.92 Å². The quantitative estimate of drug-likeness (QED) is 0.508. The van der Waals surface area contributed by atoms with Crippen LogP contribution in [0.25, 0.3) is 0 Å². The van der Waals surface area contributed by atoms with E-state index in [9.17, 15) is 22.4 Å². The molecule has 8 nitrogen and oxygen atoms in total. The lowest BCUT2D eigenvalue weighted by molar-refractivity contribution is -0.138. The van der Waals surface area contributed by atoms with Crippen molar-refractivity contribution in [2.75, 3.05) is 35.6 Å². The maximum absolute atomic E-state index is 14.6. The van der Waals surface area contributed by atoms with Crippen LogP contribution in [0, 0.1) is 11.7 Å². The number of halogens is 5. The number of likely N-dealkylation sites (tertiary alicyclic amines) is 1. The van der Waals surface area contributed by atoms with E-state index < -0.39 is 23.6 Å². The molecule has 2 saturated heterocycles. The number of nitrogen functional groups attached to an aromatic ring is 1. The van der Waals surface area contributed by atoms with Crippen LogP contribution in [-0.2, 0) is 11.0 Å². The summed E-state index contributed by atoms with van der Waals surface area (Å²) in [6.07, 6.45) is -1.71. The van der Waals surface area contributed by atoms with E-state index in [1.54, 1.807) is 9.80 Å². The first kappa shape index (κ1) is 26.2. The van der Waals surface area contributed by atoms with Gasteiger partial charge in [0.2, 0.25) is 11.7 Å². The number of alkyl halides is 3. The van der Waals surface area contributed by atoms with Gasteiger partial charge in [0.1, 0.15) is 12.4 Å². The Balaban J connectivity index is 1.57. The number of nitrogens with two attached hydrogens (primary N) is 2. The molecular formula is C23H28ClF4N7O. The highest BCUT2D eigenvalue weighted by molar-refractivity contribution is 6.31. The maximum Gasteiger partial charge on any atom is 0.416 e. The Bertz CT molecular complexity index is 1120. The van der Waals surface area contributed by atoms with Gasteiger partial charge in [-0.05, 0) is 50.3 Å². The zero-order valence-corrected chi connectivity index (χ0v) is 20.4. The normalized spacial score (nSPS) is 24.1. The maximum atomic E-state index is 14.6. The Morgan fingerprint density at radius 1 is 1.19 bits per heavy atom. The second-order valence-electron chi connectivity index (χ2n) is 9.32. The Morgan fingerprint density at radius 3 is 2.64 bits per heavy atom. The van der Waals surface area contributed by atoms with Gasteiger partial charge in [-0.3, -0.25) is 4.79 Å². The van der Waals surface area contributed by atoms with Crippen molar-refractivity contribution in [3.63, 3.8) is 0 Å². The summed E-state index contributed by atoms with van der Waals surface area (Å²) in [5.41, 5.74) is 11.1. The highest BCUT2D eigenvalue weighted by Crippen LogP contribution is 2.35. The summed E-state index contributed by atoms with van der Waals surface area (Å²) in [4.78, 5) is 24.7. The number of anilines is 3. The Morgan fingerprint density at radius 2 is 1.94 bits per heavy atom. The number of aromatic nitrogens is 2. The van der Waals surface area contributed by atoms with Crippen LogP contribution in [0.15, 0.2) is 24.5 Å². The summed E-state index contributed by atoms with van der Waals surface area (Å²) in [5, 5.41) is 2.85. The Kier molecular flexibility index (Phi) is 7.46. The molecular weight excluding hydrogens is 502 g/mol. The highest BCUT2D eigenvalue weighted by Gasteiger charge is 2.42. The first-order valence-electron chi connectivity index (χ1n) is 11.7. The summed E-state index contributed by atoms with van der Waals surface area (Å²) in [5.74, 6) is -1.23. The Labute approximate surface area is 211 Å². The molecule has 1 aromatic heterocycles. The fourth-order valence-corrected chi connectivity index (χ4v) is 5.31. The molecule has 36 heavy (non-hydrogen) atoms. The molecule has 0 spiro atoms. The second-order valence-corrected chi connectivity index (χ2v) is 9.76. The molecule has 196 valence electrons. The number of nitrogens with one attached hydrogen (secondary N) is 1. The lowest BCUT2D eigenvalue weighted by atomic mass is 9.84. The van der Waals surface area contributed by atoms with Gasteiger partial charge < -0.3 is 26.6 Å². The van der Waals surface area contributed by atoms with Gasteiger partial charge in [-0.25, -0.2) is 9.97 Å². The standard InChI is InChI=1S/C23H28ClF4N7O/c1-12(29)16-4-6-34(21-19(25)20(30)31-11-32-21)10-18(16)35-5-2-3-17(22(35)36)33-15-8-13(23(26,27)28)7-14(24)9-15/h7-9,11-12,16-18,33H,2-6,10,29H2,1H3,(H2,30,31,32)/t12?,16-,17+,18+/m1/s1. The van der Waals surface area contributed by atoms with E-state index in [0.29, 0.717) is 32.4 Å². The van der Waals surface area contributed by atoms with Crippen LogP contribution in [0.1, 0.15) is 31.7 Å². The smallest absolute Gasteiger partial charge is 0.381 e. The fraction of sp³-hybridized carbons (Fsp3) is 0.522. The first-order valence-corrected chi connectivity index (χ1v) is 12.0. The summed E-state index contributed by atoms with van der Waals surface area (Å²) in [6.45, 7) is 3.08. The molecule has 2 aliphatic heterocycles. The van der Waals surface area contributed by atoms with E-state index >= 15 is 0 Å². The molecule has 13 heteroatoms. The van der Waals surface area contributed by atoms with Gasteiger partial charge in [0.05, 0.1) is 11.6 Å². The van der Waals surface area contributed by atoms with Crippen LogP contribution in [0.5, 0.6) is 0 Å². The average Bonchev–Trinajstić information content (AvgIpc) is 2.81. The lowest BCUT2D eigenvalue weighted by Gasteiger charge is -2.48. The lowest BCUT2D eigenvalue weighted by Crippen LogP contribution is -2.62. The number of rotatable bonds is 5. The molecule has 5 N–H and O–H groups in total. The summed E-state index contributed by atoms with van der Waals surface area (Å²) in [6, 6.07) is 1.81. The predicted octanol–water partition coefficient (Wildman–Crippen LogP) is 3.52. The predicted molar refractivity (Wildman–Crippen MR) is 129 cm³/mol. The van der Waals surface area contributed by atoms with Crippen molar-refractivity contribution >= 4 is 34.8 Å². The van der Waals surface area contributed by atoms with Crippen molar-refractivity contribution < 1.29 is 22.4 Å². The van der Waals surface area contributed by atoms with Crippen molar-refractivity contribution in [2.24, 2.45) is 11.7 Å². The molecule has 3 heterocycles. The summed E-state index contributed by atoms with van der Waals surface area (Å²) in [7, 11) is 0.